The molecule has 2 aromatic heterocycles. The van der Waals surface area contributed by atoms with Crippen LogP contribution in [-0.4, -0.2) is 63.3 Å². The van der Waals surface area contributed by atoms with E-state index in [1.54, 1.807) is 12.4 Å². The van der Waals surface area contributed by atoms with E-state index in [0.29, 0.717) is 12.2 Å². The molecular formula is C23H29N5O2. The summed E-state index contributed by atoms with van der Waals surface area (Å²) in [6, 6.07) is 10.4. The topological polar surface area (TPSA) is 63.5 Å². The standard InChI is InChI=1S/C23H29N5O2/c1-4-30-21-7-5-18(6-8-21)16-26-9-11-27(12-10-26)23(29)20-13-19-15-25-28(17(2)3)22(19)24-14-20/h5-8,13-15,17H,4,9-12,16H2,1-3H3. The Morgan fingerprint density at radius 3 is 2.50 bits per heavy atom. The van der Waals surface area contributed by atoms with Crippen molar-refractivity contribution in [2.45, 2.75) is 33.4 Å². The Bertz CT molecular complexity index is 1000. The Kier molecular flexibility index (Phi) is 5.99. The van der Waals surface area contributed by atoms with Crippen LogP contribution in [-0.2, 0) is 6.54 Å². The van der Waals surface area contributed by atoms with Gasteiger partial charge in [-0.1, -0.05) is 12.1 Å². The summed E-state index contributed by atoms with van der Waals surface area (Å²) in [7, 11) is 0. The summed E-state index contributed by atoms with van der Waals surface area (Å²) in [6.45, 7) is 10.9. The molecule has 1 aromatic carbocycles. The van der Waals surface area contributed by atoms with Gasteiger partial charge in [-0.2, -0.15) is 5.10 Å². The van der Waals surface area contributed by atoms with E-state index in [1.165, 1.54) is 5.56 Å². The van der Waals surface area contributed by atoms with Gasteiger partial charge in [-0.3, -0.25) is 9.69 Å². The molecule has 1 fully saturated rings. The van der Waals surface area contributed by atoms with Gasteiger partial charge in [-0.15, -0.1) is 0 Å². The van der Waals surface area contributed by atoms with Crippen LogP contribution in [0.2, 0.25) is 0 Å². The molecule has 1 amide bonds. The first-order chi connectivity index (χ1) is 14.5. The maximum atomic E-state index is 13.0. The number of hydrogen-bond donors (Lipinski definition) is 0. The van der Waals surface area contributed by atoms with E-state index in [0.717, 1.165) is 49.5 Å². The summed E-state index contributed by atoms with van der Waals surface area (Å²) in [5.74, 6) is 0.948. The number of fused-ring (bicyclic) bond motifs is 1. The van der Waals surface area contributed by atoms with Crippen LogP contribution >= 0.6 is 0 Å². The molecule has 4 rings (SSSR count). The second kappa shape index (κ2) is 8.83. The van der Waals surface area contributed by atoms with Gasteiger partial charge in [0.2, 0.25) is 0 Å². The molecule has 7 nitrogen and oxygen atoms in total. The minimum absolute atomic E-state index is 0.0439. The third kappa shape index (κ3) is 4.31. The van der Waals surface area contributed by atoms with Crippen molar-refractivity contribution >= 4 is 16.9 Å². The van der Waals surface area contributed by atoms with E-state index in [9.17, 15) is 4.79 Å². The molecule has 3 aromatic rings. The SMILES string of the molecule is CCOc1ccc(CN2CCN(C(=O)c3cnc4c(cnn4C(C)C)c3)CC2)cc1. The maximum absolute atomic E-state index is 13.0. The molecular weight excluding hydrogens is 378 g/mol. The maximum Gasteiger partial charge on any atom is 0.255 e. The lowest BCUT2D eigenvalue weighted by Gasteiger charge is -2.34. The van der Waals surface area contributed by atoms with Crippen molar-refractivity contribution in [2.75, 3.05) is 32.8 Å². The van der Waals surface area contributed by atoms with E-state index >= 15 is 0 Å². The molecule has 0 aliphatic carbocycles. The van der Waals surface area contributed by atoms with Gasteiger partial charge in [-0.05, 0) is 44.5 Å². The summed E-state index contributed by atoms with van der Waals surface area (Å²) in [5, 5.41) is 5.29. The fourth-order valence-electron chi connectivity index (χ4n) is 3.84. The zero-order chi connectivity index (χ0) is 21.1. The molecule has 0 bridgehead atoms. The molecule has 1 aliphatic heterocycles. The zero-order valence-corrected chi connectivity index (χ0v) is 17.9. The minimum atomic E-state index is 0.0439. The highest BCUT2D eigenvalue weighted by Gasteiger charge is 2.23. The largest absolute Gasteiger partial charge is 0.494 e. The van der Waals surface area contributed by atoms with Crippen molar-refractivity contribution in [3.8, 4) is 5.75 Å². The first-order valence-electron chi connectivity index (χ1n) is 10.6. The minimum Gasteiger partial charge on any atom is -0.494 e. The van der Waals surface area contributed by atoms with Crippen molar-refractivity contribution < 1.29 is 9.53 Å². The van der Waals surface area contributed by atoms with Gasteiger partial charge >= 0.3 is 0 Å². The number of ether oxygens (including phenoxy) is 1. The monoisotopic (exact) mass is 407 g/mol. The van der Waals surface area contributed by atoms with Crippen LogP contribution in [0.25, 0.3) is 11.0 Å². The van der Waals surface area contributed by atoms with Gasteiger partial charge in [-0.25, -0.2) is 9.67 Å². The van der Waals surface area contributed by atoms with Crippen molar-refractivity contribution in [3.63, 3.8) is 0 Å². The van der Waals surface area contributed by atoms with Gasteiger partial charge in [0.15, 0.2) is 5.65 Å². The Morgan fingerprint density at radius 1 is 1.10 bits per heavy atom. The number of pyridine rings is 1. The summed E-state index contributed by atoms with van der Waals surface area (Å²) >= 11 is 0. The third-order valence-electron chi connectivity index (χ3n) is 5.47. The predicted molar refractivity (Wildman–Crippen MR) is 117 cm³/mol. The molecule has 0 saturated carbocycles. The van der Waals surface area contributed by atoms with Crippen LogP contribution in [0, 0.1) is 0 Å². The van der Waals surface area contributed by atoms with Crippen molar-refractivity contribution in [1.29, 1.82) is 0 Å². The summed E-state index contributed by atoms with van der Waals surface area (Å²) in [5.41, 5.74) is 2.71. The van der Waals surface area contributed by atoms with Crippen molar-refractivity contribution in [1.82, 2.24) is 24.6 Å². The lowest BCUT2D eigenvalue weighted by Crippen LogP contribution is -2.48. The lowest BCUT2D eigenvalue weighted by atomic mass is 10.1. The number of benzene rings is 1. The van der Waals surface area contributed by atoms with Crippen molar-refractivity contribution in [3.05, 3.63) is 53.9 Å². The molecule has 0 unspecified atom stereocenters. The van der Waals surface area contributed by atoms with E-state index in [1.807, 2.05) is 34.7 Å². The van der Waals surface area contributed by atoms with Gasteiger partial charge in [0.05, 0.1) is 18.4 Å². The predicted octanol–water partition coefficient (Wildman–Crippen LogP) is 3.37. The Balaban J connectivity index is 1.35. The van der Waals surface area contributed by atoms with Crippen molar-refractivity contribution in [2.24, 2.45) is 0 Å². The molecule has 0 N–H and O–H groups in total. The molecule has 1 aliphatic rings. The van der Waals surface area contributed by atoms with E-state index in [2.05, 4.69) is 41.0 Å². The van der Waals surface area contributed by atoms with Gasteiger partial charge < -0.3 is 9.64 Å². The summed E-state index contributed by atoms with van der Waals surface area (Å²) < 4.78 is 7.38. The number of amides is 1. The van der Waals surface area contributed by atoms with Crippen LogP contribution in [0.4, 0.5) is 0 Å². The second-order valence-electron chi connectivity index (χ2n) is 7.97. The third-order valence-corrected chi connectivity index (χ3v) is 5.47. The molecule has 158 valence electrons. The van der Waals surface area contributed by atoms with Crippen LogP contribution < -0.4 is 4.74 Å². The number of piperazine rings is 1. The lowest BCUT2D eigenvalue weighted by molar-refractivity contribution is 0.0628. The number of aromatic nitrogens is 3. The summed E-state index contributed by atoms with van der Waals surface area (Å²) in [4.78, 5) is 21.8. The van der Waals surface area contributed by atoms with E-state index in [4.69, 9.17) is 4.74 Å². The molecule has 1 saturated heterocycles. The number of nitrogens with zero attached hydrogens (tertiary/aromatic N) is 5. The van der Waals surface area contributed by atoms with Crippen LogP contribution in [0.1, 0.15) is 42.7 Å². The van der Waals surface area contributed by atoms with Crippen LogP contribution in [0.15, 0.2) is 42.7 Å². The quantitative estimate of drug-likeness (QED) is 0.627. The molecule has 30 heavy (non-hydrogen) atoms. The van der Waals surface area contributed by atoms with Gasteiger partial charge in [0.1, 0.15) is 5.75 Å². The number of carbonyl (C=O) groups is 1. The average molecular weight is 408 g/mol. The summed E-state index contributed by atoms with van der Waals surface area (Å²) in [6.07, 6.45) is 3.46. The fraction of sp³-hybridized carbons (Fsp3) is 0.435. The molecule has 3 heterocycles. The highest BCUT2D eigenvalue weighted by atomic mass is 16.5. The first-order valence-corrected chi connectivity index (χ1v) is 10.6. The van der Waals surface area contributed by atoms with Crippen LogP contribution in [0.3, 0.4) is 0 Å². The average Bonchev–Trinajstić information content (AvgIpc) is 3.19. The molecule has 0 spiro atoms. The number of rotatable bonds is 6. The Labute approximate surface area is 177 Å². The molecule has 7 heteroatoms. The first kappa shape index (κ1) is 20.3. The highest BCUT2D eigenvalue weighted by molar-refractivity contribution is 5.96. The number of hydrogen-bond acceptors (Lipinski definition) is 5. The number of carbonyl (C=O) groups excluding carboxylic acids is 1. The smallest absolute Gasteiger partial charge is 0.255 e. The highest BCUT2D eigenvalue weighted by Crippen LogP contribution is 2.19. The van der Waals surface area contributed by atoms with Gasteiger partial charge in [0, 0.05) is 50.3 Å². The van der Waals surface area contributed by atoms with Gasteiger partial charge in [0.25, 0.3) is 5.91 Å². The Hall–Kier alpha value is -2.93. The molecule has 0 atom stereocenters. The zero-order valence-electron chi connectivity index (χ0n) is 17.9. The van der Waals surface area contributed by atoms with Crippen LogP contribution in [0.5, 0.6) is 5.75 Å². The molecule has 0 radical (unpaired) electrons. The fourth-order valence-corrected chi connectivity index (χ4v) is 3.84. The second-order valence-corrected chi connectivity index (χ2v) is 7.97. The normalized spacial score (nSPS) is 15.1. The van der Waals surface area contributed by atoms with E-state index < -0.39 is 0 Å². The Morgan fingerprint density at radius 2 is 1.83 bits per heavy atom. The van der Waals surface area contributed by atoms with E-state index in [-0.39, 0.29) is 11.9 Å².